The molecule has 2 amide bonds. The van der Waals surface area contributed by atoms with E-state index in [9.17, 15) is 33.2 Å². The maximum Gasteiger partial charge on any atom is 0.385 e. The second kappa shape index (κ2) is 13.3. The number of non-ortho nitro benzene ring substituents is 1. The molecule has 0 aliphatic carbocycles. The summed E-state index contributed by atoms with van der Waals surface area (Å²) in [6.07, 6.45) is -0.960. The third-order valence-electron chi connectivity index (χ3n) is 7.02. The van der Waals surface area contributed by atoms with E-state index in [4.69, 9.17) is 4.18 Å². The number of amides is 2. The molecule has 228 valence electrons. The molecule has 2 atom stereocenters. The van der Waals surface area contributed by atoms with Gasteiger partial charge in [0.05, 0.1) is 23.5 Å². The van der Waals surface area contributed by atoms with Crippen LogP contribution >= 0.6 is 0 Å². The van der Waals surface area contributed by atoms with Crippen LogP contribution in [0.5, 0.6) is 5.75 Å². The number of anilines is 1. The largest absolute Gasteiger partial charge is 0.390 e. The molecule has 12 nitrogen and oxygen atoms in total. The van der Waals surface area contributed by atoms with Gasteiger partial charge in [0, 0.05) is 43.5 Å². The molecular weight excluding hydrogens is 576 g/mol. The number of carbonyl (C=O) groups excluding carboxylic acids is 2. The van der Waals surface area contributed by atoms with Crippen LogP contribution in [-0.4, -0.2) is 66.9 Å². The number of rotatable bonds is 13. The molecule has 13 heteroatoms. The zero-order valence-corrected chi connectivity index (χ0v) is 24.9. The van der Waals surface area contributed by atoms with Gasteiger partial charge in [0.2, 0.25) is 5.91 Å². The summed E-state index contributed by atoms with van der Waals surface area (Å²) in [6.45, 7) is 3.22. The maximum atomic E-state index is 13.4. The SMILES string of the molecule is CC(C)CN(C[C@@H](O)[C@H](Cc1ccccc1)NC(=O)c1ccc2c(c1)CC(=O)N2C)S(=O)(=O)Oc1ccc([N+](=O)[O-])cc1. The fourth-order valence-electron chi connectivity index (χ4n) is 4.81. The molecule has 0 saturated carbocycles. The highest BCUT2D eigenvalue weighted by molar-refractivity contribution is 7.84. The molecular formula is C30H34N4O8S. The van der Waals surface area contributed by atoms with Gasteiger partial charge in [-0.3, -0.25) is 19.7 Å². The zero-order valence-electron chi connectivity index (χ0n) is 24.0. The van der Waals surface area contributed by atoms with Gasteiger partial charge in [0.15, 0.2) is 0 Å². The molecule has 0 unspecified atom stereocenters. The maximum absolute atomic E-state index is 13.4. The normalized spacial score (nSPS) is 14.5. The monoisotopic (exact) mass is 610 g/mol. The van der Waals surface area contributed by atoms with Crippen LogP contribution in [0, 0.1) is 16.0 Å². The molecule has 0 saturated heterocycles. The van der Waals surface area contributed by atoms with Crippen molar-refractivity contribution >= 4 is 33.5 Å². The third kappa shape index (κ3) is 7.95. The summed E-state index contributed by atoms with van der Waals surface area (Å²) < 4.78 is 32.9. The Morgan fingerprint density at radius 1 is 1.09 bits per heavy atom. The molecule has 4 rings (SSSR count). The van der Waals surface area contributed by atoms with Crippen molar-refractivity contribution in [1.82, 2.24) is 9.62 Å². The smallest absolute Gasteiger partial charge is 0.385 e. The summed E-state index contributed by atoms with van der Waals surface area (Å²) in [6, 6.07) is 17.8. The van der Waals surface area contributed by atoms with Gasteiger partial charge in [0.25, 0.3) is 11.6 Å². The average Bonchev–Trinajstić information content (AvgIpc) is 3.24. The summed E-state index contributed by atoms with van der Waals surface area (Å²) in [5.41, 5.74) is 2.34. The van der Waals surface area contributed by atoms with E-state index >= 15 is 0 Å². The van der Waals surface area contributed by atoms with Crippen LogP contribution in [0.1, 0.15) is 35.3 Å². The molecule has 2 N–H and O–H groups in total. The van der Waals surface area contributed by atoms with Crippen molar-refractivity contribution in [2.45, 2.75) is 38.8 Å². The lowest BCUT2D eigenvalue weighted by Gasteiger charge is -2.30. The minimum atomic E-state index is -4.45. The number of benzene rings is 3. The van der Waals surface area contributed by atoms with Crippen LogP contribution in [0.15, 0.2) is 72.8 Å². The predicted octanol–water partition coefficient (Wildman–Crippen LogP) is 3.10. The Hall–Kier alpha value is -4.33. The van der Waals surface area contributed by atoms with Crippen molar-refractivity contribution in [1.29, 1.82) is 0 Å². The van der Waals surface area contributed by atoms with E-state index in [0.717, 1.165) is 33.3 Å². The van der Waals surface area contributed by atoms with E-state index in [0.29, 0.717) is 5.56 Å². The van der Waals surface area contributed by atoms with E-state index in [1.807, 2.05) is 30.3 Å². The van der Waals surface area contributed by atoms with Crippen LogP contribution in [-0.2, 0) is 27.9 Å². The van der Waals surface area contributed by atoms with Gasteiger partial charge >= 0.3 is 10.3 Å². The number of nitro groups is 1. The van der Waals surface area contributed by atoms with Gasteiger partial charge < -0.3 is 19.5 Å². The Bertz CT molecular complexity index is 1580. The minimum absolute atomic E-state index is 0.00471. The fourth-order valence-corrected chi connectivity index (χ4v) is 6.09. The topological polar surface area (TPSA) is 159 Å². The number of aliphatic hydroxyl groups excluding tert-OH is 1. The minimum Gasteiger partial charge on any atom is -0.390 e. The number of likely N-dealkylation sites (N-methyl/N-ethyl adjacent to an activating group) is 1. The first-order valence-electron chi connectivity index (χ1n) is 13.7. The predicted molar refractivity (Wildman–Crippen MR) is 160 cm³/mol. The van der Waals surface area contributed by atoms with Crippen molar-refractivity contribution in [3.8, 4) is 5.75 Å². The van der Waals surface area contributed by atoms with Crippen molar-refractivity contribution in [2.24, 2.45) is 5.92 Å². The molecule has 0 aromatic heterocycles. The molecule has 0 bridgehead atoms. The van der Waals surface area contributed by atoms with Crippen molar-refractivity contribution in [3.05, 3.63) is 99.6 Å². The van der Waals surface area contributed by atoms with Crippen molar-refractivity contribution in [3.63, 3.8) is 0 Å². The van der Waals surface area contributed by atoms with Crippen molar-refractivity contribution in [2.75, 3.05) is 25.0 Å². The first-order chi connectivity index (χ1) is 20.3. The molecule has 3 aromatic rings. The van der Waals surface area contributed by atoms with E-state index < -0.39 is 39.8 Å². The van der Waals surface area contributed by atoms with Gasteiger partial charge in [-0.05, 0) is 53.8 Å². The molecule has 0 fully saturated rings. The summed E-state index contributed by atoms with van der Waals surface area (Å²) in [4.78, 5) is 37.3. The van der Waals surface area contributed by atoms with Gasteiger partial charge in [0.1, 0.15) is 5.75 Å². The third-order valence-corrected chi connectivity index (χ3v) is 8.36. The molecule has 1 heterocycles. The Morgan fingerprint density at radius 2 is 1.77 bits per heavy atom. The highest BCUT2D eigenvalue weighted by Crippen LogP contribution is 2.28. The average molecular weight is 611 g/mol. The Morgan fingerprint density at radius 3 is 2.40 bits per heavy atom. The second-order valence-corrected chi connectivity index (χ2v) is 12.4. The van der Waals surface area contributed by atoms with Crippen LogP contribution < -0.4 is 14.4 Å². The van der Waals surface area contributed by atoms with Gasteiger partial charge in [-0.15, -0.1) is 0 Å². The zero-order chi connectivity index (χ0) is 31.3. The number of hydrogen-bond donors (Lipinski definition) is 2. The molecule has 43 heavy (non-hydrogen) atoms. The van der Waals surface area contributed by atoms with Crippen LogP contribution in [0.3, 0.4) is 0 Å². The van der Waals surface area contributed by atoms with E-state index in [1.165, 1.54) is 17.0 Å². The van der Waals surface area contributed by atoms with Crippen LogP contribution in [0.25, 0.3) is 0 Å². The van der Waals surface area contributed by atoms with Gasteiger partial charge in [-0.2, -0.15) is 12.7 Å². The fraction of sp³-hybridized carbons (Fsp3) is 0.333. The number of nitrogens with one attached hydrogen (secondary N) is 1. The first-order valence-corrected chi connectivity index (χ1v) is 15.1. The number of aliphatic hydroxyl groups is 1. The van der Waals surface area contributed by atoms with E-state index in [-0.39, 0.29) is 42.6 Å². The van der Waals surface area contributed by atoms with Crippen LogP contribution in [0.4, 0.5) is 11.4 Å². The summed E-state index contributed by atoms with van der Waals surface area (Å²) in [7, 11) is -2.78. The molecule has 1 aliphatic rings. The molecule has 0 radical (unpaired) electrons. The number of nitrogens with zero attached hydrogens (tertiary/aromatic N) is 3. The van der Waals surface area contributed by atoms with E-state index in [1.54, 1.807) is 39.1 Å². The lowest BCUT2D eigenvalue weighted by atomic mass is 10.00. The van der Waals surface area contributed by atoms with E-state index in [2.05, 4.69) is 5.32 Å². The van der Waals surface area contributed by atoms with Gasteiger partial charge in [-0.25, -0.2) is 0 Å². The Balaban J connectivity index is 1.56. The summed E-state index contributed by atoms with van der Waals surface area (Å²) >= 11 is 0. The second-order valence-electron chi connectivity index (χ2n) is 10.8. The molecule has 3 aromatic carbocycles. The Labute approximate surface area is 250 Å². The highest BCUT2D eigenvalue weighted by atomic mass is 32.2. The first kappa shape index (κ1) is 31.6. The number of hydrogen-bond acceptors (Lipinski definition) is 8. The van der Waals surface area contributed by atoms with Crippen molar-refractivity contribution < 1.29 is 32.2 Å². The number of nitro benzene ring substituents is 1. The standard InChI is InChI=1S/C30H34N4O8S/c1-20(2)18-33(43(40,41)42-25-12-10-24(11-13-25)34(38)39)19-28(35)26(15-21-7-5-4-6-8-21)31-30(37)22-9-14-27-23(16-22)17-29(36)32(27)3/h4-14,16,20,26,28,35H,15,17-19H2,1-3H3,(H,31,37)/t26-,28+/m0/s1. The highest BCUT2D eigenvalue weighted by Gasteiger charge is 2.32. The Kier molecular flexibility index (Phi) is 9.79. The lowest BCUT2D eigenvalue weighted by Crippen LogP contribution is -2.51. The quantitative estimate of drug-likeness (QED) is 0.221. The van der Waals surface area contributed by atoms with Gasteiger partial charge in [-0.1, -0.05) is 44.2 Å². The number of fused-ring (bicyclic) bond motifs is 1. The van der Waals surface area contributed by atoms with Crippen LogP contribution in [0.2, 0.25) is 0 Å². The summed E-state index contributed by atoms with van der Waals surface area (Å²) in [5.74, 6) is -0.821. The number of carbonyl (C=O) groups is 2. The lowest BCUT2D eigenvalue weighted by molar-refractivity contribution is -0.384. The summed E-state index contributed by atoms with van der Waals surface area (Å²) in [5, 5.41) is 25.2. The molecule has 1 aliphatic heterocycles. The molecule has 0 spiro atoms.